The average Bonchev–Trinajstić information content (AvgIpc) is 2.80. The molecule has 166 valence electrons. The second-order valence-electron chi connectivity index (χ2n) is 7.88. The Morgan fingerprint density at radius 2 is 1.97 bits per heavy atom. The Kier molecular flexibility index (Phi) is 6.73. The van der Waals surface area contributed by atoms with Crippen molar-refractivity contribution in [1.29, 1.82) is 0 Å². The van der Waals surface area contributed by atoms with Gasteiger partial charge >= 0.3 is 0 Å². The molecule has 0 saturated heterocycles. The first-order chi connectivity index (χ1) is 15.6. The van der Waals surface area contributed by atoms with Gasteiger partial charge in [0.1, 0.15) is 17.6 Å². The lowest BCUT2D eigenvalue weighted by Gasteiger charge is -2.24. The van der Waals surface area contributed by atoms with Gasteiger partial charge in [-0.2, -0.15) is 0 Å². The summed E-state index contributed by atoms with van der Waals surface area (Å²) in [5.74, 6) is 0.892. The molecule has 6 heteroatoms. The summed E-state index contributed by atoms with van der Waals surface area (Å²) >= 11 is 0. The van der Waals surface area contributed by atoms with E-state index in [0.717, 1.165) is 28.2 Å². The van der Waals surface area contributed by atoms with Crippen molar-refractivity contribution in [1.82, 2.24) is 0 Å². The van der Waals surface area contributed by atoms with Gasteiger partial charge in [0.2, 0.25) is 0 Å². The molecule has 6 nitrogen and oxygen atoms in total. The van der Waals surface area contributed by atoms with Crippen LogP contribution in [0.3, 0.4) is 0 Å². The van der Waals surface area contributed by atoms with Crippen molar-refractivity contribution in [3.05, 3.63) is 78.4 Å². The first-order valence-corrected chi connectivity index (χ1v) is 10.6. The third kappa shape index (κ3) is 5.10. The molecule has 0 aliphatic heterocycles. The molecule has 0 bridgehead atoms. The second-order valence-corrected chi connectivity index (χ2v) is 7.88. The lowest BCUT2D eigenvalue weighted by molar-refractivity contribution is 0.130. The van der Waals surface area contributed by atoms with E-state index in [1.165, 1.54) is 0 Å². The number of aliphatic hydroxyl groups excluding tert-OH is 1. The summed E-state index contributed by atoms with van der Waals surface area (Å²) in [5, 5.41) is 22.9. The number of aliphatic hydroxyl groups is 1. The van der Waals surface area contributed by atoms with Gasteiger partial charge in [0.15, 0.2) is 0 Å². The van der Waals surface area contributed by atoms with Crippen LogP contribution < -0.4 is 10.1 Å². The van der Waals surface area contributed by atoms with Crippen molar-refractivity contribution < 1.29 is 19.7 Å². The van der Waals surface area contributed by atoms with Crippen molar-refractivity contribution in [2.45, 2.75) is 31.1 Å². The zero-order chi connectivity index (χ0) is 22.5. The van der Waals surface area contributed by atoms with Gasteiger partial charge in [0.05, 0.1) is 24.9 Å². The summed E-state index contributed by atoms with van der Waals surface area (Å²) < 4.78 is 11.3. The van der Waals surface area contributed by atoms with E-state index in [1.807, 2.05) is 48.6 Å². The van der Waals surface area contributed by atoms with E-state index < -0.39 is 0 Å². The maximum absolute atomic E-state index is 9.88. The minimum atomic E-state index is -0.363. The molecule has 2 aliphatic carbocycles. The standard InChI is InChI=1S/C26H28N2O4/c1-31-25-13-17(9-11-23(25)27-19-5-3-7-21(29)15-19)18-10-12-24(26(14-18)32-2)28-20-6-4-8-22(30)16-20/h3-7,9-15,22,24,26-27,29-30H,8,16H2,1-2H3. The lowest BCUT2D eigenvalue weighted by atomic mass is 9.94. The molecule has 0 spiro atoms. The molecule has 4 rings (SSSR count). The minimum absolute atomic E-state index is 0.137. The number of rotatable bonds is 6. The Morgan fingerprint density at radius 1 is 1.09 bits per heavy atom. The van der Waals surface area contributed by atoms with Gasteiger partial charge in [-0.3, -0.25) is 4.99 Å². The third-order valence-corrected chi connectivity index (χ3v) is 5.56. The van der Waals surface area contributed by atoms with E-state index in [2.05, 4.69) is 11.4 Å². The number of hydrogen-bond donors (Lipinski definition) is 3. The number of anilines is 2. The SMILES string of the molecule is COc1cc(C2=CC(OC)C(N=C3C=CCC(O)C3)C=C2)ccc1Nc1cccc(O)c1. The van der Waals surface area contributed by atoms with Crippen LogP contribution in [-0.2, 0) is 4.74 Å². The Balaban J connectivity index is 1.55. The van der Waals surface area contributed by atoms with Crippen LogP contribution in [0.4, 0.5) is 11.4 Å². The van der Waals surface area contributed by atoms with Crippen molar-refractivity contribution in [2.24, 2.45) is 4.99 Å². The average molecular weight is 433 g/mol. The van der Waals surface area contributed by atoms with Gasteiger partial charge in [-0.15, -0.1) is 0 Å². The number of methoxy groups -OCH3 is 2. The highest BCUT2D eigenvalue weighted by atomic mass is 16.5. The number of aromatic hydroxyl groups is 1. The second kappa shape index (κ2) is 9.85. The number of aliphatic imine (C=N–C) groups is 1. The summed E-state index contributed by atoms with van der Waals surface area (Å²) in [6, 6.07) is 12.8. The van der Waals surface area contributed by atoms with Crippen LogP contribution in [0.1, 0.15) is 18.4 Å². The largest absolute Gasteiger partial charge is 0.508 e. The summed E-state index contributed by atoms with van der Waals surface area (Å²) in [7, 11) is 3.31. The maximum atomic E-state index is 9.88. The molecule has 2 aliphatic rings. The smallest absolute Gasteiger partial charge is 0.142 e. The fraction of sp³-hybridized carbons (Fsp3) is 0.269. The number of nitrogens with zero attached hydrogens (tertiary/aromatic N) is 1. The molecule has 0 fully saturated rings. The van der Waals surface area contributed by atoms with Gasteiger partial charge in [0.25, 0.3) is 0 Å². The molecule has 0 saturated carbocycles. The molecule has 0 radical (unpaired) electrons. The number of allylic oxidation sites excluding steroid dienone is 3. The Morgan fingerprint density at radius 3 is 2.72 bits per heavy atom. The van der Waals surface area contributed by atoms with Crippen LogP contribution in [0, 0.1) is 0 Å². The maximum Gasteiger partial charge on any atom is 0.142 e. The van der Waals surface area contributed by atoms with E-state index in [0.29, 0.717) is 18.6 Å². The van der Waals surface area contributed by atoms with Crippen LogP contribution in [0.25, 0.3) is 5.57 Å². The van der Waals surface area contributed by atoms with E-state index >= 15 is 0 Å². The van der Waals surface area contributed by atoms with Crippen molar-refractivity contribution >= 4 is 22.7 Å². The molecule has 0 amide bonds. The highest BCUT2D eigenvalue weighted by molar-refractivity contribution is 5.96. The summed E-state index contributed by atoms with van der Waals surface area (Å²) in [6.07, 6.45) is 10.8. The zero-order valence-corrected chi connectivity index (χ0v) is 18.2. The van der Waals surface area contributed by atoms with Gasteiger partial charge in [0, 0.05) is 31.0 Å². The highest BCUT2D eigenvalue weighted by Crippen LogP contribution is 2.34. The van der Waals surface area contributed by atoms with Gasteiger partial charge in [-0.25, -0.2) is 0 Å². The minimum Gasteiger partial charge on any atom is -0.508 e. The van der Waals surface area contributed by atoms with Crippen LogP contribution in [0.2, 0.25) is 0 Å². The molecule has 0 heterocycles. The Bertz CT molecular complexity index is 1090. The number of phenolic OH excluding ortho intramolecular Hbond substituents is 1. The van der Waals surface area contributed by atoms with Crippen molar-refractivity contribution in [3.8, 4) is 11.5 Å². The third-order valence-electron chi connectivity index (χ3n) is 5.56. The Hall–Kier alpha value is -3.35. The van der Waals surface area contributed by atoms with Crippen LogP contribution in [0.15, 0.2) is 77.8 Å². The predicted octanol–water partition coefficient (Wildman–Crippen LogP) is 4.63. The van der Waals surface area contributed by atoms with Crippen molar-refractivity contribution in [3.63, 3.8) is 0 Å². The van der Waals surface area contributed by atoms with Gasteiger partial charge in [-0.1, -0.05) is 30.4 Å². The Labute approximate surface area is 188 Å². The summed E-state index contributed by atoms with van der Waals surface area (Å²) in [4.78, 5) is 4.79. The molecule has 3 N–H and O–H groups in total. The molecular formula is C26H28N2O4. The molecular weight excluding hydrogens is 404 g/mol. The molecule has 2 aromatic carbocycles. The summed E-state index contributed by atoms with van der Waals surface area (Å²) in [5.41, 5.74) is 4.49. The van der Waals surface area contributed by atoms with E-state index in [4.69, 9.17) is 14.5 Å². The number of hydrogen-bond acceptors (Lipinski definition) is 6. The zero-order valence-electron chi connectivity index (χ0n) is 18.2. The lowest BCUT2D eigenvalue weighted by Crippen LogP contribution is -2.27. The first kappa shape index (κ1) is 21.9. The fourth-order valence-corrected chi connectivity index (χ4v) is 3.91. The first-order valence-electron chi connectivity index (χ1n) is 10.6. The monoisotopic (exact) mass is 432 g/mol. The van der Waals surface area contributed by atoms with E-state index in [1.54, 1.807) is 32.4 Å². The van der Waals surface area contributed by atoms with Crippen LogP contribution in [-0.4, -0.2) is 48.4 Å². The van der Waals surface area contributed by atoms with Crippen LogP contribution in [0.5, 0.6) is 11.5 Å². The number of phenols is 1. The van der Waals surface area contributed by atoms with Gasteiger partial charge < -0.3 is 25.0 Å². The quantitative estimate of drug-likeness (QED) is 0.620. The summed E-state index contributed by atoms with van der Waals surface area (Å²) in [6.45, 7) is 0. The molecule has 3 atom stereocenters. The predicted molar refractivity (Wildman–Crippen MR) is 128 cm³/mol. The number of nitrogens with one attached hydrogen (secondary N) is 1. The topological polar surface area (TPSA) is 83.3 Å². The van der Waals surface area contributed by atoms with Crippen LogP contribution >= 0.6 is 0 Å². The van der Waals surface area contributed by atoms with Crippen molar-refractivity contribution in [2.75, 3.05) is 19.5 Å². The van der Waals surface area contributed by atoms with E-state index in [-0.39, 0.29) is 24.0 Å². The molecule has 32 heavy (non-hydrogen) atoms. The van der Waals surface area contributed by atoms with Gasteiger partial charge in [-0.05, 0) is 54.0 Å². The number of benzene rings is 2. The fourth-order valence-electron chi connectivity index (χ4n) is 3.91. The van der Waals surface area contributed by atoms with E-state index in [9.17, 15) is 10.2 Å². The molecule has 2 aromatic rings. The number of ether oxygens (including phenoxy) is 2. The molecule has 0 aromatic heterocycles. The molecule has 3 unspecified atom stereocenters. The highest BCUT2D eigenvalue weighted by Gasteiger charge is 2.22. The normalized spacial score (nSPS) is 23.8.